The third kappa shape index (κ3) is 6.78. The van der Waals surface area contributed by atoms with Gasteiger partial charge >= 0.3 is 6.03 Å². The van der Waals surface area contributed by atoms with E-state index in [2.05, 4.69) is 24.5 Å². The summed E-state index contributed by atoms with van der Waals surface area (Å²) in [6.07, 6.45) is 4.81. The van der Waals surface area contributed by atoms with Crippen LogP contribution in [0.3, 0.4) is 0 Å². The zero-order chi connectivity index (χ0) is 15.0. The van der Waals surface area contributed by atoms with Crippen LogP contribution in [0.15, 0.2) is 0 Å². The van der Waals surface area contributed by atoms with E-state index in [4.69, 9.17) is 0 Å². The Balaban J connectivity index is 2.14. The van der Waals surface area contributed by atoms with Crippen LogP contribution >= 0.6 is 0 Å². The molecule has 0 bridgehead atoms. The van der Waals surface area contributed by atoms with Crippen LogP contribution in [0, 0.1) is 11.8 Å². The van der Waals surface area contributed by atoms with E-state index in [1.165, 1.54) is 19.8 Å². The highest BCUT2D eigenvalue weighted by atomic mass is 16.2. The molecule has 0 aromatic rings. The van der Waals surface area contributed by atoms with Gasteiger partial charge in [0.2, 0.25) is 5.91 Å². The van der Waals surface area contributed by atoms with E-state index >= 15 is 0 Å². The maximum absolute atomic E-state index is 11.9. The molecular formula is C15H29N3O2. The van der Waals surface area contributed by atoms with Crippen molar-refractivity contribution < 1.29 is 9.59 Å². The summed E-state index contributed by atoms with van der Waals surface area (Å²) in [5.41, 5.74) is 0. The smallest absolute Gasteiger partial charge is 0.317 e. The number of hydrogen-bond acceptors (Lipinski definition) is 2. The number of carbonyl (C=O) groups is 2. The Morgan fingerprint density at radius 3 is 2.30 bits per heavy atom. The van der Waals surface area contributed by atoms with Crippen molar-refractivity contribution >= 4 is 11.9 Å². The predicted octanol–water partition coefficient (Wildman–Crippen LogP) is 1.98. The number of nitrogens with one attached hydrogen (secondary N) is 2. The molecule has 0 saturated carbocycles. The molecule has 5 heteroatoms. The lowest BCUT2D eigenvalue weighted by Crippen LogP contribution is -2.46. The van der Waals surface area contributed by atoms with E-state index in [-0.39, 0.29) is 11.9 Å². The molecule has 2 N–H and O–H groups in total. The first-order chi connectivity index (χ1) is 9.49. The van der Waals surface area contributed by atoms with Crippen LogP contribution in [0.2, 0.25) is 0 Å². The molecule has 1 saturated heterocycles. The summed E-state index contributed by atoms with van der Waals surface area (Å²) in [5.74, 6) is 1.48. The van der Waals surface area contributed by atoms with E-state index in [1.54, 1.807) is 0 Å². The summed E-state index contributed by atoms with van der Waals surface area (Å²) < 4.78 is 0. The monoisotopic (exact) mass is 283 g/mol. The molecule has 5 nitrogen and oxygen atoms in total. The largest absolute Gasteiger partial charge is 0.355 e. The number of piperidine rings is 1. The summed E-state index contributed by atoms with van der Waals surface area (Å²) in [6.45, 7) is 8.69. The van der Waals surface area contributed by atoms with Gasteiger partial charge in [-0.3, -0.25) is 4.79 Å². The third-order valence-electron chi connectivity index (χ3n) is 3.83. The minimum atomic E-state index is -0.0646. The first kappa shape index (κ1) is 16.8. The van der Waals surface area contributed by atoms with Crippen molar-refractivity contribution in [1.82, 2.24) is 15.5 Å². The number of carbonyl (C=O) groups excluding carboxylic acids is 2. The van der Waals surface area contributed by atoms with Crippen molar-refractivity contribution in [2.75, 3.05) is 26.2 Å². The average molecular weight is 283 g/mol. The molecule has 0 aromatic heterocycles. The number of hydrogen-bond donors (Lipinski definition) is 2. The van der Waals surface area contributed by atoms with Gasteiger partial charge in [-0.2, -0.15) is 0 Å². The molecule has 116 valence electrons. The van der Waals surface area contributed by atoms with Gasteiger partial charge in [-0.1, -0.05) is 26.7 Å². The molecule has 1 aliphatic rings. The Bertz CT molecular complexity index is 310. The molecule has 1 rings (SSSR count). The standard InChI is InChI=1S/C15H29N3O2/c1-12(2)4-5-14-6-10-18(11-7-14)15(20)17-9-8-16-13(3)19/h12,14H,4-11H2,1-3H3,(H,16,19)(H,17,20). The molecule has 3 amide bonds. The fourth-order valence-corrected chi connectivity index (χ4v) is 2.51. The predicted molar refractivity (Wildman–Crippen MR) is 80.5 cm³/mol. The minimum Gasteiger partial charge on any atom is -0.355 e. The van der Waals surface area contributed by atoms with Crippen LogP contribution in [0.5, 0.6) is 0 Å². The topological polar surface area (TPSA) is 61.4 Å². The van der Waals surface area contributed by atoms with Gasteiger partial charge < -0.3 is 15.5 Å². The highest BCUT2D eigenvalue weighted by molar-refractivity contribution is 5.74. The lowest BCUT2D eigenvalue weighted by Gasteiger charge is -2.32. The Morgan fingerprint density at radius 1 is 1.15 bits per heavy atom. The van der Waals surface area contributed by atoms with E-state index < -0.39 is 0 Å². The van der Waals surface area contributed by atoms with Crippen molar-refractivity contribution in [3.05, 3.63) is 0 Å². The Hall–Kier alpha value is -1.26. The second kappa shape index (κ2) is 8.82. The van der Waals surface area contributed by atoms with E-state index in [9.17, 15) is 9.59 Å². The number of likely N-dealkylation sites (tertiary alicyclic amines) is 1. The van der Waals surface area contributed by atoms with Crippen LogP contribution in [-0.2, 0) is 4.79 Å². The van der Waals surface area contributed by atoms with Gasteiger partial charge in [-0.15, -0.1) is 0 Å². The lowest BCUT2D eigenvalue weighted by atomic mass is 9.90. The van der Waals surface area contributed by atoms with Gasteiger partial charge in [0.25, 0.3) is 0 Å². The fourth-order valence-electron chi connectivity index (χ4n) is 2.51. The lowest BCUT2D eigenvalue weighted by molar-refractivity contribution is -0.118. The van der Waals surface area contributed by atoms with E-state index in [1.807, 2.05) is 4.90 Å². The third-order valence-corrected chi connectivity index (χ3v) is 3.83. The zero-order valence-corrected chi connectivity index (χ0v) is 13.1. The maximum Gasteiger partial charge on any atom is 0.317 e. The van der Waals surface area contributed by atoms with Crippen molar-refractivity contribution in [2.24, 2.45) is 11.8 Å². The zero-order valence-electron chi connectivity index (χ0n) is 13.1. The van der Waals surface area contributed by atoms with E-state index in [0.717, 1.165) is 37.8 Å². The molecule has 0 aromatic carbocycles. The number of nitrogens with zero attached hydrogens (tertiary/aromatic N) is 1. The van der Waals surface area contributed by atoms with Crippen LogP contribution in [0.1, 0.15) is 46.5 Å². The molecule has 20 heavy (non-hydrogen) atoms. The summed E-state index contributed by atoms with van der Waals surface area (Å²) >= 11 is 0. The number of urea groups is 1. The number of rotatable bonds is 6. The van der Waals surface area contributed by atoms with Gasteiger partial charge in [0.15, 0.2) is 0 Å². The molecule has 0 aliphatic carbocycles. The fraction of sp³-hybridized carbons (Fsp3) is 0.867. The summed E-state index contributed by atoms with van der Waals surface area (Å²) in [4.78, 5) is 24.5. The summed E-state index contributed by atoms with van der Waals surface area (Å²) in [7, 11) is 0. The van der Waals surface area contributed by atoms with Crippen molar-refractivity contribution in [2.45, 2.75) is 46.5 Å². The van der Waals surface area contributed by atoms with Crippen molar-refractivity contribution in [3.8, 4) is 0 Å². The highest BCUT2D eigenvalue weighted by Crippen LogP contribution is 2.23. The van der Waals surface area contributed by atoms with E-state index in [0.29, 0.717) is 13.1 Å². The molecule has 0 radical (unpaired) electrons. The first-order valence-corrected chi connectivity index (χ1v) is 7.76. The first-order valence-electron chi connectivity index (χ1n) is 7.76. The molecule has 0 atom stereocenters. The van der Waals surface area contributed by atoms with Crippen LogP contribution < -0.4 is 10.6 Å². The van der Waals surface area contributed by atoms with Gasteiger partial charge in [0.05, 0.1) is 0 Å². The Labute approximate surface area is 122 Å². The minimum absolute atomic E-state index is 0.00217. The highest BCUT2D eigenvalue weighted by Gasteiger charge is 2.22. The second-order valence-corrected chi connectivity index (χ2v) is 6.12. The summed E-state index contributed by atoms with van der Waals surface area (Å²) in [5, 5.41) is 5.51. The Morgan fingerprint density at radius 2 is 1.75 bits per heavy atom. The quantitative estimate of drug-likeness (QED) is 0.732. The van der Waals surface area contributed by atoms with Crippen molar-refractivity contribution in [3.63, 3.8) is 0 Å². The molecule has 0 unspecified atom stereocenters. The van der Waals surface area contributed by atoms with Crippen LogP contribution in [0.25, 0.3) is 0 Å². The van der Waals surface area contributed by atoms with Gasteiger partial charge in [0, 0.05) is 33.1 Å². The Kier molecular flexibility index (Phi) is 7.41. The molecular weight excluding hydrogens is 254 g/mol. The molecule has 0 spiro atoms. The average Bonchev–Trinajstić information content (AvgIpc) is 2.41. The maximum atomic E-state index is 11.9. The molecule has 1 fully saturated rings. The summed E-state index contributed by atoms with van der Waals surface area (Å²) in [6, 6.07) is -0.00217. The normalized spacial score (nSPS) is 16.3. The second-order valence-electron chi connectivity index (χ2n) is 6.12. The molecule has 1 aliphatic heterocycles. The van der Waals surface area contributed by atoms with Crippen molar-refractivity contribution in [1.29, 1.82) is 0 Å². The van der Waals surface area contributed by atoms with Crippen LogP contribution in [-0.4, -0.2) is 43.0 Å². The van der Waals surface area contributed by atoms with Gasteiger partial charge in [0.1, 0.15) is 0 Å². The number of amides is 3. The molecule has 1 heterocycles. The van der Waals surface area contributed by atoms with Gasteiger partial charge in [-0.25, -0.2) is 4.79 Å². The van der Waals surface area contributed by atoms with Gasteiger partial charge in [-0.05, 0) is 24.7 Å². The SMILES string of the molecule is CC(=O)NCCNC(=O)N1CCC(CCC(C)C)CC1. The van der Waals surface area contributed by atoms with Crippen LogP contribution in [0.4, 0.5) is 4.79 Å².